The first-order chi connectivity index (χ1) is 14.2. The Balaban J connectivity index is 1.36. The minimum Gasteiger partial charge on any atom is -0.372 e. The number of benzene rings is 2. The number of aryl methyl sites for hydroxylation is 1. The summed E-state index contributed by atoms with van der Waals surface area (Å²) in [7, 11) is 0. The van der Waals surface area contributed by atoms with E-state index >= 15 is 0 Å². The van der Waals surface area contributed by atoms with Crippen LogP contribution in [-0.4, -0.2) is 29.0 Å². The predicted octanol–water partition coefficient (Wildman–Crippen LogP) is 4.77. The summed E-state index contributed by atoms with van der Waals surface area (Å²) in [5.41, 5.74) is 4.35. The number of nitrogens with zero attached hydrogens (tertiary/aromatic N) is 3. The molecular formula is C23H25N5O. The number of amides is 1. The molecule has 4 rings (SSSR count). The van der Waals surface area contributed by atoms with Crippen molar-refractivity contribution in [1.82, 2.24) is 9.97 Å². The second kappa shape index (κ2) is 8.73. The summed E-state index contributed by atoms with van der Waals surface area (Å²) in [5.74, 6) is 0.321. The first-order valence-electron chi connectivity index (χ1n) is 9.99. The van der Waals surface area contributed by atoms with E-state index in [2.05, 4.69) is 37.6 Å². The molecule has 0 spiro atoms. The highest BCUT2D eigenvalue weighted by atomic mass is 16.1. The van der Waals surface area contributed by atoms with Crippen LogP contribution < -0.4 is 15.5 Å². The quantitative estimate of drug-likeness (QED) is 0.660. The molecule has 6 nitrogen and oxygen atoms in total. The summed E-state index contributed by atoms with van der Waals surface area (Å²) in [6, 6.07) is 16.0. The van der Waals surface area contributed by atoms with Crippen molar-refractivity contribution in [2.45, 2.75) is 26.2 Å². The molecule has 1 aliphatic heterocycles. The Morgan fingerprint density at radius 1 is 0.862 bits per heavy atom. The maximum absolute atomic E-state index is 12.3. The van der Waals surface area contributed by atoms with Crippen LogP contribution in [0.1, 0.15) is 35.3 Å². The molecule has 1 amide bonds. The average molecular weight is 387 g/mol. The van der Waals surface area contributed by atoms with Gasteiger partial charge in [-0.3, -0.25) is 4.79 Å². The smallest absolute Gasteiger partial charge is 0.275 e. The number of hydrogen-bond acceptors (Lipinski definition) is 5. The number of rotatable bonds is 5. The average Bonchev–Trinajstić information content (AvgIpc) is 2.77. The Bertz CT molecular complexity index is 946. The number of carbonyl (C=O) groups excluding carboxylic acids is 1. The number of piperidine rings is 1. The Hall–Kier alpha value is -3.41. The van der Waals surface area contributed by atoms with Gasteiger partial charge in [0.05, 0.1) is 12.4 Å². The van der Waals surface area contributed by atoms with Gasteiger partial charge in [-0.2, -0.15) is 0 Å². The summed E-state index contributed by atoms with van der Waals surface area (Å²) in [5, 5.41) is 6.06. The Kier molecular flexibility index (Phi) is 5.70. The Morgan fingerprint density at radius 3 is 2.21 bits per heavy atom. The van der Waals surface area contributed by atoms with Gasteiger partial charge in [0.25, 0.3) is 5.91 Å². The molecule has 2 heterocycles. The van der Waals surface area contributed by atoms with E-state index in [1.54, 1.807) is 6.20 Å². The lowest BCUT2D eigenvalue weighted by Gasteiger charge is -2.28. The number of hydrogen-bond donors (Lipinski definition) is 2. The molecular weight excluding hydrogens is 362 g/mol. The molecule has 0 radical (unpaired) electrons. The summed E-state index contributed by atoms with van der Waals surface area (Å²) in [6.07, 6.45) is 6.91. The topological polar surface area (TPSA) is 70.2 Å². The lowest BCUT2D eigenvalue weighted by molar-refractivity contribution is 0.102. The molecule has 0 bridgehead atoms. The van der Waals surface area contributed by atoms with Gasteiger partial charge in [-0.1, -0.05) is 17.7 Å². The van der Waals surface area contributed by atoms with Gasteiger partial charge >= 0.3 is 0 Å². The van der Waals surface area contributed by atoms with Gasteiger partial charge < -0.3 is 15.5 Å². The third-order valence-electron chi connectivity index (χ3n) is 5.05. The van der Waals surface area contributed by atoms with Crippen molar-refractivity contribution in [3.8, 4) is 0 Å². The fraction of sp³-hybridized carbons (Fsp3) is 0.261. The van der Waals surface area contributed by atoms with Crippen molar-refractivity contribution in [3.63, 3.8) is 0 Å². The molecule has 1 fully saturated rings. The highest BCUT2D eigenvalue weighted by molar-refractivity contribution is 6.02. The molecule has 0 aliphatic carbocycles. The van der Waals surface area contributed by atoms with Gasteiger partial charge in [0.1, 0.15) is 11.5 Å². The molecule has 0 atom stereocenters. The van der Waals surface area contributed by atoms with E-state index in [9.17, 15) is 4.79 Å². The highest BCUT2D eigenvalue weighted by Gasteiger charge is 2.11. The van der Waals surface area contributed by atoms with Gasteiger partial charge in [0.15, 0.2) is 0 Å². The fourth-order valence-electron chi connectivity index (χ4n) is 3.40. The highest BCUT2D eigenvalue weighted by Crippen LogP contribution is 2.23. The number of carbonyl (C=O) groups is 1. The molecule has 0 unspecified atom stereocenters. The molecule has 1 saturated heterocycles. The van der Waals surface area contributed by atoms with Crippen LogP contribution in [0.3, 0.4) is 0 Å². The van der Waals surface area contributed by atoms with E-state index < -0.39 is 0 Å². The molecule has 2 aromatic carbocycles. The van der Waals surface area contributed by atoms with Gasteiger partial charge in [0, 0.05) is 30.2 Å². The summed E-state index contributed by atoms with van der Waals surface area (Å²) in [4.78, 5) is 23.3. The SMILES string of the molecule is Cc1ccc(NC(=O)c2cnc(Nc3ccc(N4CCCCC4)cc3)cn2)cc1. The van der Waals surface area contributed by atoms with Crippen molar-refractivity contribution in [3.05, 3.63) is 72.2 Å². The van der Waals surface area contributed by atoms with Crippen LogP contribution >= 0.6 is 0 Å². The van der Waals surface area contributed by atoms with Gasteiger partial charge in [-0.25, -0.2) is 9.97 Å². The van der Waals surface area contributed by atoms with E-state index in [-0.39, 0.29) is 11.6 Å². The number of anilines is 4. The van der Waals surface area contributed by atoms with Crippen LogP contribution in [0.2, 0.25) is 0 Å². The van der Waals surface area contributed by atoms with Crippen LogP contribution in [-0.2, 0) is 0 Å². The molecule has 3 aromatic rings. The van der Waals surface area contributed by atoms with Gasteiger partial charge in [-0.05, 0) is 62.6 Å². The van der Waals surface area contributed by atoms with Crippen molar-refractivity contribution < 1.29 is 4.79 Å². The third kappa shape index (κ3) is 4.90. The monoisotopic (exact) mass is 387 g/mol. The summed E-state index contributed by atoms with van der Waals surface area (Å²) < 4.78 is 0. The van der Waals surface area contributed by atoms with Gasteiger partial charge in [-0.15, -0.1) is 0 Å². The van der Waals surface area contributed by atoms with Crippen LogP contribution in [0, 0.1) is 6.92 Å². The zero-order chi connectivity index (χ0) is 20.1. The second-order valence-corrected chi connectivity index (χ2v) is 7.33. The second-order valence-electron chi connectivity index (χ2n) is 7.33. The van der Waals surface area contributed by atoms with Crippen LogP contribution in [0.4, 0.5) is 22.9 Å². The van der Waals surface area contributed by atoms with E-state index in [4.69, 9.17) is 0 Å². The Morgan fingerprint density at radius 2 is 1.55 bits per heavy atom. The minimum absolute atomic E-state index is 0.275. The minimum atomic E-state index is -0.279. The normalized spacial score (nSPS) is 13.8. The zero-order valence-corrected chi connectivity index (χ0v) is 16.6. The van der Waals surface area contributed by atoms with Crippen molar-refractivity contribution in [1.29, 1.82) is 0 Å². The van der Waals surface area contributed by atoms with E-state index in [0.717, 1.165) is 30.0 Å². The van der Waals surface area contributed by atoms with Crippen molar-refractivity contribution in [2.24, 2.45) is 0 Å². The standard InChI is InChI=1S/C23H25N5O/c1-17-5-7-19(8-6-17)27-23(29)21-15-25-22(16-24-21)26-18-9-11-20(12-10-18)28-13-3-2-4-14-28/h5-12,15-16H,2-4,13-14H2,1H3,(H,25,26)(H,27,29). The maximum Gasteiger partial charge on any atom is 0.275 e. The van der Waals surface area contributed by atoms with Crippen molar-refractivity contribution in [2.75, 3.05) is 28.6 Å². The first-order valence-corrected chi connectivity index (χ1v) is 9.99. The van der Waals surface area contributed by atoms with Gasteiger partial charge in [0.2, 0.25) is 0 Å². The van der Waals surface area contributed by atoms with E-state index in [0.29, 0.717) is 5.82 Å². The maximum atomic E-state index is 12.3. The molecule has 0 saturated carbocycles. The van der Waals surface area contributed by atoms with Crippen LogP contribution in [0.5, 0.6) is 0 Å². The fourth-order valence-corrected chi connectivity index (χ4v) is 3.40. The van der Waals surface area contributed by atoms with Crippen LogP contribution in [0.25, 0.3) is 0 Å². The molecule has 148 valence electrons. The lowest BCUT2D eigenvalue weighted by atomic mass is 10.1. The van der Waals surface area contributed by atoms with E-state index in [1.165, 1.54) is 31.1 Å². The molecule has 29 heavy (non-hydrogen) atoms. The van der Waals surface area contributed by atoms with Crippen LogP contribution in [0.15, 0.2) is 60.9 Å². The number of aromatic nitrogens is 2. The lowest BCUT2D eigenvalue weighted by Crippen LogP contribution is -2.29. The molecule has 2 N–H and O–H groups in total. The molecule has 1 aliphatic rings. The third-order valence-corrected chi connectivity index (χ3v) is 5.05. The molecule has 1 aromatic heterocycles. The van der Waals surface area contributed by atoms with E-state index in [1.807, 2.05) is 43.3 Å². The summed E-state index contributed by atoms with van der Waals surface area (Å²) >= 11 is 0. The molecule has 6 heteroatoms. The first kappa shape index (κ1) is 18.9. The largest absolute Gasteiger partial charge is 0.372 e. The predicted molar refractivity (Wildman–Crippen MR) is 117 cm³/mol. The van der Waals surface area contributed by atoms with Crippen molar-refractivity contribution >= 4 is 28.8 Å². The zero-order valence-electron chi connectivity index (χ0n) is 16.6. The summed E-state index contributed by atoms with van der Waals surface area (Å²) in [6.45, 7) is 4.26. The Labute approximate surface area is 171 Å². The number of nitrogens with one attached hydrogen (secondary N) is 2.